The zero-order valence-electron chi connectivity index (χ0n) is 11.0. The Morgan fingerprint density at radius 2 is 2.09 bits per heavy atom. The van der Waals surface area contributed by atoms with Crippen LogP contribution in [-0.2, 0) is 0 Å². The number of nitrogens with zero attached hydrogens (tertiary/aromatic N) is 3. The maximum Gasteiger partial charge on any atom is 0.337 e. The Morgan fingerprint density at radius 3 is 2.86 bits per heavy atom. The van der Waals surface area contributed by atoms with Crippen molar-refractivity contribution in [1.82, 2.24) is 15.0 Å². The molecule has 0 radical (unpaired) electrons. The van der Waals surface area contributed by atoms with E-state index in [1.807, 2.05) is 0 Å². The minimum absolute atomic E-state index is 0.136. The van der Waals surface area contributed by atoms with Crippen LogP contribution in [0.2, 0.25) is 5.02 Å². The number of thiazole rings is 1. The second-order valence-corrected chi connectivity index (χ2v) is 5.75. The molecular formula is C14H9ClN4O2S. The number of hydrogen-bond donors (Lipinski definition) is 2. The van der Waals surface area contributed by atoms with Crippen LogP contribution < -0.4 is 5.32 Å². The first kappa shape index (κ1) is 14.4. The summed E-state index contributed by atoms with van der Waals surface area (Å²) in [6.07, 6.45) is 6.16. The van der Waals surface area contributed by atoms with Gasteiger partial charge in [0.25, 0.3) is 0 Å². The van der Waals surface area contributed by atoms with E-state index in [1.54, 1.807) is 36.8 Å². The van der Waals surface area contributed by atoms with Crippen molar-refractivity contribution in [3.8, 4) is 10.4 Å². The molecule has 0 spiro atoms. The molecule has 2 N–H and O–H groups in total. The number of carbonyl (C=O) groups is 1. The van der Waals surface area contributed by atoms with Crippen LogP contribution in [0.15, 0.2) is 43.0 Å². The summed E-state index contributed by atoms with van der Waals surface area (Å²) in [5, 5.41) is 13.3. The molecule has 0 fully saturated rings. The van der Waals surface area contributed by atoms with Gasteiger partial charge >= 0.3 is 5.97 Å². The van der Waals surface area contributed by atoms with E-state index in [2.05, 4.69) is 20.3 Å². The van der Waals surface area contributed by atoms with Crippen molar-refractivity contribution in [1.29, 1.82) is 0 Å². The Labute approximate surface area is 134 Å². The third-order valence-corrected chi connectivity index (χ3v) is 3.93. The quantitative estimate of drug-likeness (QED) is 0.757. The van der Waals surface area contributed by atoms with E-state index in [0.29, 0.717) is 21.5 Å². The summed E-state index contributed by atoms with van der Waals surface area (Å²) in [5.74, 6) is -0.425. The summed E-state index contributed by atoms with van der Waals surface area (Å²) in [6.45, 7) is 0. The summed E-state index contributed by atoms with van der Waals surface area (Å²) >= 11 is 7.27. The van der Waals surface area contributed by atoms with Crippen LogP contribution in [0.25, 0.3) is 10.4 Å². The first-order valence-electron chi connectivity index (χ1n) is 6.15. The molecule has 0 bridgehead atoms. The van der Waals surface area contributed by atoms with Crippen LogP contribution in [0.3, 0.4) is 0 Å². The second kappa shape index (κ2) is 6.08. The zero-order valence-corrected chi connectivity index (χ0v) is 12.6. The summed E-state index contributed by atoms with van der Waals surface area (Å²) in [7, 11) is 0. The minimum atomic E-state index is -1.01. The van der Waals surface area contributed by atoms with Gasteiger partial charge in [-0.15, -0.1) is 0 Å². The van der Waals surface area contributed by atoms with Crippen molar-refractivity contribution >= 4 is 39.9 Å². The van der Waals surface area contributed by atoms with Crippen LogP contribution in [0.5, 0.6) is 0 Å². The first-order chi connectivity index (χ1) is 10.6. The first-order valence-corrected chi connectivity index (χ1v) is 7.34. The van der Waals surface area contributed by atoms with Gasteiger partial charge in [-0.1, -0.05) is 22.9 Å². The molecule has 110 valence electrons. The standard InChI is InChI=1S/C14H9ClN4O2S/c15-10-1-2-17-12(4-10)19-14-18-7-11(22-14)8-3-9(13(20)21)6-16-5-8/h1-7H,(H,20,21)(H,17,18,19). The average molecular weight is 333 g/mol. The maximum atomic E-state index is 11.0. The molecule has 22 heavy (non-hydrogen) atoms. The Balaban J connectivity index is 1.84. The number of anilines is 2. The Bertz CT molecular complexity index is 837. The molecule has 3 aromatic heterocycles. The van der Waals surface area contributed by atoms with E-state index in [-0.39, 0.29) is 5.56 Å². The van der Waals surface area contributed by atoms with E-state index in [0.717, 1.165) is 4.88 Å². The Hall–Kier alpha value is -2.51. The average Bonchev–Trinajstić information content (AvgIpc) is 2.96. The van der Waals surface area contributed by atoms with Gasteiger partial charge in [-0.3, -0.25) is 4.98 Å². The highest BCUT2D eigenvalue weighted by molar-refractivity contribution is 7.18. The van der Waals surface area contributed by atoms with Crippen LogP contribution in [0.4, 0.5) is 10.9 Å². The van der Waals surface area contributed by atoms with Crippen molar-refractivity contribution in [2.24, 2.45) is 0 Å². The van der Waals surface area contributed by atoms with E-state index < -0.39 is 5.97 Å². The minimum Gasteiger partial charge on any atom is -0.478 e. The van der Waals surface area contributed by atoms with Gasteiger partial charge in [0.1, 0.15) is 5.82 Å². The van der Waals surface area contributed by atoms with Crippen molar-refractivity contribution in [2.75, 3.05) is 5.32 Å². The topological polar surface area (TPSA) is 88.0 Å². The van der Waals surface area contributed by atoms with E-state index >= 15 is 0 Å². The normalized spacial score (nSPS) is 10.4. The largest absolute Gasteiger partial charge is 0.478 e. The highest BCUT2D eigenvalue weighted by Gasteiger charge is 2.09. The summed E-state index contributed by atoms with van der Waals surface area (Å²) in [5.41, 5.74) is 0.835. The maximum absolute atomic E-state index is 11.0. The molecule has 6 nitrogen and oxygen atoms in total. The number of carboxylic acid groups (broad SMARTS) is 1. The number of carboxylic acids is 1. The van der Waals surface area contributed by atoms with Crippen LogP contribution in [0, 0.1) is 0 Å². The SMILES string of the molecule is O=C(O)c1cncc(-c2cnc(Nc3cc(Cl)ccn3)s2)c1. The molecule has 8 heteroatoms. The second-order valence-electron chi connectivity index (χ2n) is 4.28. The van der Waals surface area contributed by atoms with Gasteiger partial charge in [-0.05, 0) is 18.2 Å². The van der Waals surface area contributed by atoms with Crippen LogP contribution >= 0.6 is 22.9 Å². The van der Waals surface area contributed by atoms with Crippen LogP contribution in [0.1, 0.15) is 10.4 Å². The fourth-order valence-electron chi connectivity index (χ4n) is 1.74. The number of aromatic nitrogens is 3. The van der Waals surface area contributed by atoms with Gasteiger partial charge < -0.3 is 10.4 Å². The monoisotopic (exact) mass is 332 g/mol. The lowest BCUT2D eigenvalue weighted by Crippen LogP contribution is -1.96. The molecular weight excluding hydrogens is 324 g/mol. The number of hydrogen-bond acceptors (Lipinski definition) is 6. The third kappa shape index (κ3) is 3.21. The van der Waals surface area contributed by atoms with Crippen molar-refractivity contribution in [3.63, 3.8) is 0 Å². The molecule has 0 amide bonds. The van der Waals surface area contributed by atoms with Gasteiger partial charge in [0.15, 0.2) is 5.13 Å². The molecule has 3 rings (SSSR count). The van der Waals surface area contributed by atoms with Gasteiger partial charge in [0.05, 0.1) is 10.4 Å². The highest BCUT2D eigenvalue weighted by atomic mass is 35.5. The van der Waals surface area contributed by atoms with Crippen LogP contribution in [-0.4, -0.2) is 26.0 Å². The Morgan fingerprint density at radius 1 is 1.23 bits per heavy atom. The molecule has 3 aromatic rings. The van der Waals surface area contributed by atoms with Crippen molar-refractivity contribution in [2.45, 2.75) is 0 Å². The fraction of sp³-hybridized carbons (Fsp3) is 0. The van der Waals surface area contributed by atoms with E-state index in [4.69, 9.17) is 16.7 Å². The van der Waals surface area contributed by atoms with Crippen molar-refractivity contribution in [3.05, 3.63) is 53.6 Å². The molecule has 3 heterocycles. The lowest BCUT2D eigenvalue weighted by atomic mass is 10.2. The van der Waals surface area contributed by atoms with Gasteiger partial charge in [-0.2, -0.15) is 0 Å². The summed E-state index contributed by atoms with van der Waals surface area (Å²) in [6, 6.07) is 4.93. The summed E-state index contributed by atoms with van der Waals surface area (Å²) in [4.78, 5) is 24.1. The van der Waals surface area contributed by atoms with E-state index in [1.165, 1.54) is 17.5 Å². The number of halogens is 1. The molecule has 0 aromatic carbocycles. The van der Waals surface area contributed by atoms with E-state index in [9.17, 15) is 4.79 Å². The number of aromatic carboxylic acids is 1. The number of rotatable bonds is 4. The molecule has 0 saturated carbocycles. The smallest absolute Gasteiger partial charge is 0.337 e. The van der Waals surface area contributed by atoms with Crippen molar-refractivity contribution < 1.29 is 9.90 Å². The van der Waals surface area contributed by atoms with Gasteiger partial charge in [0.2, 0.25) is 0 Å². The molecule has 0 aliphatic heterocycles. The zero-order chi connectivity index (χ0) is 15.5. The molecule has 0 atom stereocenters. The predicted molar refractivity (Wildman–Crippen MR) is 84.8 cm³/mol. The molecule has 0 aliphatic carbocycles. The number of nitrogens with one attached hydrogen (secondary N) is 1. The lowest BCUT2D eigenvalue weighted by molar-refractivity contribution is 0.0696. The molecule has 0 unspecified atom stereocenters. The summed E-state index contributed by atoms with van der Waals surface area (Å²) < 4.78 is 0. The molecule has 0 saturated heterocycles. The number of pyridine rings is 2. The van der Waals surface area contributed by atoms with Gasteiger partial charge in [-0.25, -0.2) is 14.8 Å². The third-order valence-electron chi connectivity index (χ3n) is 2.73. The highest BCUT2D eigenvalue weighted by Crippen LogP contribution is 2.30. The van der Waals surface area contributed by atoms with Gasteiger partial charge in [0, 0.05) is 35.4 Å². The Kier molecular flexibility index (Phi) is 3.99. The lowest BCUT2D eigenvalue weighted by Gasteiger charge is -2.01. The fourth-order valence-corrected chi connectivity index (χ4v) is 2.70. The predicted octanol–water partition coefficient (Wildman–Crippen LogP) is 3.70. The molecule has 0 aliphatic rings.